The third kappa shape index (κ3) is 2.85. The third-order valence-electron chi connectivity index (χ3n) is 3.66. The summed E-state index contributed by atoms with van der Waals surface area (Å²) in [5.41, 5.74) is 9.18. The normalized spacial score (nSPS) is 13.0. The van der Waals surface area contributed by atoms with E-state index in [-0.39, 0.29) is 11.9 Å². The molecule has 3 rings (SSSR count). The van der Waals surface area contributed by atoms with Crippen molar-refractivity contribution >= 4 is 11.0 Å². The molecule has 114 valence electrons. The van der Waals surface area contributed by atoms with Crippen LogP contribution in [0, 0.1) is 11.7 Å². The number of hydrogen-bond donors (Lipinski definition) is 2. The van der Waals surface area contributed by atoms with Gasteiger partial charge in [0.1, 0.15) is 11.6 Å². The van der Waals surface area contributed by atoms with Crippen molar-refractivity contribution in [2.24, 2.45) is 11.7 Å². The Kier molecular flexibility index (Phi) is 3.90. The van der Waals surface area contributed by atoms with Gasteiger partial charge in [-0.1, -0.05) is 19.9 Å². The highest BCUT2D eigenvalue weighted by atomic mass is 19.1. The lowest BCUT2D eigenvalue weighted by Gasteiger charge is -2.10. The second-order valence-electron chi connectivity index (χ2n) is 5.95. The van der Waals surface area contributed by atoms with Crippen molar-refractivity contribution in [3.8, 4) is 11.1 Å². The summed E-state index contributed by atoms with van der Waals surface area (Å²) >= 11 is 0. The molecule has 3 N–H and O–H groups in total. The largest absolute Gasteiger partial charge is 0.341 e. The molecule has 0 radical (unpaired) electrons. The van der Waals surface area contributed by atoms with Crippen LogP contribution in [0.25, 0.3) is 22.2 Å². The molecule has 0 aliphatic heterocycles. The lowest BCUT2D eigenvalue weighted by Crippen LogP contribution is -2.14. The number of nitrogens with two attached hydrogens (primary N) is 1. The summed E-state index contributed by atoms with van der Waals surface area (Å²) in [5.74, 6) is 0.940. The Bertz CT molecular complexity index is 794. The molecule has 3 aromatic rings. The Morgan fingerprint density at radius 2 is 2.09 bits per heavy atom. The summed E-state index contributed by atoms with van der Waals surface area (Å²) in [4.78, 5) is 11.6. The van der Waals surface area contributed by atoms with E-state index >= 15 is 0 Å². The van der Waals surface area contributed by atoms with Crippen molar-refractivity contribution in [3.63, 3.8) is 0 Å². The number of hydrogen-bond acceptors (Lipinski definition) is 3. The predicted molar refractivity (Wildman–Crippen MR) is 85.7 cm³/mol. The van der Waals surface area contributed by atoms with Crippen molar-refractivity contribution in [2.75, 3.05) is 0 Å². The maximum atomic E-state index is 13.8. The zero-order chi connectivity index (χ0) is 15.7. The number of aromatic amines is 1. The molecule has 5 heteroatoms. The average Bonchev–Trinajstić information content (AvgIpc) is 2.90. The summed E-state index contributed by atoms with van der Waals surface area (Å²) < 4.78 is 13.8. The van der Waals surface area contributed by atoms with Gasteiger partial charge in [0.05, 0.1) is 23.3 Å². The first-order valence-electron chi connectivity index (χ1n) is 7.39. The van der Waals surface area contributed by atoms with Crippen molar-refractivity contribution in [2.45, 2.75) is 26.3 Å². The zero-order valence-electron chi connectivity index (χ0n) is 12.7. The first-order valence-corrected chi connectivity index (χ1v) is 7.39. The number of nitrogens with zero attached hydrogens (tertiary/aromatic N) is 2. The summed E-state index contributed by atoms with van der Waals surface area (Å²) in [6.07, 6.45) is 3.66. The number of rotatable bonds is 4. The van der Waals surface area contributed by atoms with Crippen molar-refractivity contribution in [3.05, 3.63) is 48.3 Å². The molecule has 2 heterocycles. The van der Waals surface area contributed by atoms with Crippen LogP contribution in [0.3, 0.4) is 0 Å². The summed E-state index contributed by atoms with van der Waals surface area (Å²) in [5, 5.41) is 0. The number of nitrogens with one attached hydrogen (secondary N) is 1. The van der Waals surface area contributed by atoms with E-state index in [0.717, 1.165) is 28.8 Å². The molecule has 4 nitrogen and oxygen atoms in total. The number of imidazole rings is 1. The molecule has 0 amide bonds. The minimum absolute atomic E-state index is 0.117. The predicted octanol–water partition coefficient (Wildman–Crippen LogP) is 3.81. The number of benzene rings is 1. The first kappa shape index (κ1) is 14.7. The van der Waals surface area contributed by atoms with Gasteiger partial charge in [-0.3, -0.25) is 4.98 Å². The molecule has 1 atom stereocenters. The standard InChI is InChI=1S/C17H19FN4/c1-10(2)7-14(19)17-21-15-4-3-11(8-16(15)22-17)12-5-6-20-9-13(12)18/h3-6,8-10,14H,7,19H2,1-2H3,(H,21,22)/t14-/m1/s1. The zero-order valence-corrected chi connectivity index (χ0v) is 12.7. The maximum absolute atomic E-state index is 13.8. The highest BCUT2D eigenvalue weighted by Crippen LogP contribution is 2.26. The van der Waals surface area contributed by atoms with Gasteiger partial charge in [0.25, 0.3) is 0 Å². The Morgan fingerprint density at radius 1 is 1.27 bits per heavy atom. The van der Waals surface area contributed by atoms with Gasteiger partial charge in [0.15, 0.2) is 0 Å². The van der Waals surface area contributed by atoms with Crippen LogP contribution in [-0.2, 0) is 0 Å². The summed E-state index contributed by atoms with van der Waals surface area (Å²) in [7, 11) is 0. The Hall–Kier alpha value is -2.27. The van der Waals surface area contributed by atoms with Crippen LogP contribution in [0.2, 0.25) is 0 Å². The molecule has 22 heavy (non-hydrogen) atoms. The maximum Gasteiger partial charge on any atom is 0.149 e. The van der Waals surface area contributed by atoms with Crippen LogP contribution in [0.15, 0.2) is 36.7 Å². The van der Waals surface area contributed by atoms with Gasteiger partial charge in [0, 0.05) is 11.8 Å². The lowest BCUT2D eigenvalue weighted by molar-refractivity contribution is 0.496. The van der Waals surface area contributed by atoms with Crippen molar-refractivity contribution < 1.29 is 4.39 Å². The van der Waals surface area contributed by atoms with E-state index < -0.39 is 0 Å². The molecule has 0 spiro atoms. The fourth-order valence-corrected chi connectivity index (χ4v) is 2.60. The molecular weight excluding hydrogens is 279 g/mol. The van der Waals surface area contributed by atoms with Gasteiger partial charge in [-0.15, -0.1) is 0 Å². The van der Waals surface area contributed by atoms with E-state index in [1.54, 1.807) is 12.3 Å². The minimum atomic E-state index is -0.339. The molecule has 0 aliphatic rings. The van der Waals surface area contributed by atoms with Crippen LogP contribution < -0.4 is 5.73 Å². The highest BCUT2D eigenvalue weighted by Gasteiger charge is 2.14. The molecule has 0 aliphatic carbocycles. The van der Waals surface area contributed by atoms with Gasteiger partial charge in [-0.05, 0) is 36.1 Å². The van der Waals surface area contributed by atoms with E-state index in [4.69, 9.17) is 5.73 Å². The van der Waals surface area contributed by atoms with Crippen LogP contribution in [0.1, 0.15) is 32.1 Å². The quantitative estimate of drug-likeness (QED) is 0.769. The molecule has 2 aromatic heterocycles. The molecule has 0 bridgehead atoms. The van der Waals surface area contributed by atoms with E-state index in [0.29, 0.717) is 11.5 Å². The van der Waals surface area contributed by atoms with Crippen LogP contribution in [0.5, 0.6) is 0 Å². The fourth-order valence-electron chi connectivity index (χ4n) is 2.60. The van der Waals surface area contributed by atoms with E-state index in [2.05, 4.69) is 28.8 Å². The van der Waals surface area contributed by atoms with Gasteiger partial charge >= 0.3 is 0 Å². The molecule has 0 saturated heterocycles. The van der Waals surface area contributed by atoms with E-state index in [9.17, 15) is 4.39 Å². The van der Waals surface area contributed by atoms with Crippen LogP contribution >= 0.6 is 0 Å². The van der Waals surface area contributed by atoms with Gasteiger partial charge in [0.2, 0.25) is 0 Å². The van der Waals surface area contributed by atoms with Crippen LogP contribution in [-0.4, -0.2) is 15.0 Å². The minimum Gasteiger partial charge on any atom is -0.341 e. The average molecular weight is 298 g/mol. The monoisotopic (exact) mass is 298 g/mol. The van der Waals surface area contributed by atoms with Gasteiger partial charge < -0.3 is 10.7 Å². The molecular formula is C17H19FN4. The number of halogens is 1. The Labute approximate surface area is 128 Å². The molecule has 0 unspecified atom stereocenters. The van der Waals surface area contributed by atoms with Crippen LogP contribution in [0.4, 0.5) is 4.39 Å². The van der Waals surface area contributed by atoms with E-state index in [1.165, 1.54) is 6.20 Å². The highest BCUT2D eigenvalue weighted by molar-refractivity contribution is 5.82. The lowest BCUT2D eigenvalue weighted by atomic mass is 10.0. The second kappa shape index (κ2) is 5.85. The molecule has 0 saturated carbocycles. The van der Waals surface area contributed by atoms with Gasteiger partial charge in [-0.2, -0.15) is 0 Å². The number of aromatic nitrogens is 3. The number of fused-ring (bicyclic) bond motifs is 1. The molecule has 0 fully saturated rings. The van der Waals surface area contributed by atoms with E-state index in [1.807, 2.05) is 18.2 Å². The molecule has 1 aromatic carbocycles. The van der Waals surface area contributed by atoms with Gasteiger partial charge in [-0.25, -0.2) is 9.37 Å². The topological polar surface area (TPSA) is 67.6 Å². The second-order valence-corrected chi connectivity index (χ2v) is 5.95. The fraction of sp³-hybridized carbons (Fsp3) is 0.294. The number of H-pyrrole nitrogens is 1. The smallest absolute Gasteiger partial charge is 0.149 e. The first-order chi connectivity index (χ1) is 10.5. The van der Waals surface area contributed by atoms with Crippen molar-refractivity contribution in [1.82, 2.24) is 15.0 Å². The SMILES string of the molecule is CC(C)C[C@@H](N)c1nc2cc(-c3ccncc3F)ccc2[nH]1. The Balaban J connectivity index is 1.99. The van der Waals surface area contributed by atoms with Crippen molar-refractivity contribution in [1.29, 1.82) is 0 Å². The Morgan fingerprint density at radius 3 is 2.82 bits per heavy atom. The summed E-state index contributed by atoms with van der Waals surface area (Å²) in [6.45, 7) is 4.26. The summed E-state index contributed by atoms with van der Waals surface area (Å²) in [6, 6.07) is 7.19. The number of pyridine rings is 1. The third-order valence-corrected chi connectivity index (χ3v) is 3.66.